The van der Waals surface area contributed by atoms with Gasteiger partial charge in [-0.1, -0.05) is 18.2 Å². The zero-order chi connectivity index (χ0) is 20.2. The van der Waals surface area contributed by atoms with Crippen LogP contribution in [0.2, 0.25) is 0 Å². The number of halogens is 1. The minimum atomic E-state index is 0. The van der Waals surface area contributed by atoms with Gasteiger partial charge in [-0.15, -0.1) is 24.0 Å². The van der Waals surface area contributed by atoms with E-state index in [0.717, 1.165) is 48.2 Å². The van der Waals surface area contributed by atoms with Crippen LogP contribution in [0, 0.1) is 0 Å². The molecule has 7 heteroatoms. The summed E-state index contributed by atoms with van der Waals surface area (Å²) >= 11 is 0. The number of hydrogen-bond acceptors (Lipinski definition) is 4. The summed E-state index contributed by atoms with van der Waals surface area (Å²) < 4.78 is 16.2. The van der Waals surface area contributed by atoms with Crippen LogP contribution < -0.4 is 24.8 Å². The lowest BCUT2D eigenvalue weighted by atomic mass is 10.1. The van der Waals surface area contributed by atoms with E-state index >= 15 is 0 Å². The van der Waals surface area contributed by atoms with Crippen LogP contribution in [0.5, 0.6) is 17.2 Å². The van der Waals surface area contributed by atoms with Crippen LogP contribution in [0.4, 0.5) is 0 Å². The van der Waals surface area contributed by atoms with Crippen molar-refractivity contribution in [2.24, 2.45) is 4.99 Å². The average Bonchev–Trinajstić information content (AvgIpc) is 2.74. The molecular weight excluding hydrogens is 481 g/mol. The molecule has 2 aromatic rings. The summed E-state index contributed by atoms with van der Waals surface area (Å²) in [5.74, 6) is 3.21. The van der Waals surface area contributed by atoms with Crippen molar-refractivity contribution in [1.29, 1.82) is 0 Å². The molecule has 0 aliphatic heterocycles. The molecule has 160 valence electrons. The number of ether oxygens (including phenoxy) is 3. The number of hydrogen-bond donors (Lipinski definition) is 2. The highest BCUT2D eigenvalue weighted by Crippen LogP contribution is 2.28. The first-order valence-electron chi connectivity index (χ1n) is 9.57. The summed E-state index contributed by atoms with van der Waals surface area (Å²) in [6, 6.07) is 14.1. The topological polar surface area (TPSA) is 64.1 Å². The Morgan fingerprint density at radius 3 is 2.48 bits per heavy atom. The van der Waals surface area contributed by atoms with Crippen LogP contribution in [0.1, 0.15) is 24.5 Å². The molecule has 0 aliphatic carbocycles. The minimum absolute atomic E-state index is 0. The Bertz CT molecular complexity index is 769. The largest absolute Gasteiger partial charge is 0.497 e. The Morgan fingerprint density at radius 2 is 1.79 bits per heavy atom. The number of aliphatic imine (C=N–C) groups is 1. The van der Waals surface area contributed by atoms with Crippen LogP contribution in [-0.4, -0.2) is 40.4 Å². The molecule has 2 aromatic carbocycles. The molecule has 0 aliphatic rings. The first kappa shape index (κ1) is 24.9. The second-order valence-electron chi connectivity index (χ2n) is 6.23. The Balaban J connectivity index is 0.00000420. The molecule has 0 fully saturated rings. The quantitative estimate of drug-likeness (QED) is 0.218. The molecule has 0 spiro atoms. The normalized spacial score (nSPS) is 10.7. The van der Waals surface area contributed by atoms with E-state index in [1.54, 1.807) is 21.3 Å². The summed E-state index contributed by atoms with van der Waals surface area (Å²) in [5, 5.41) is 6.68. The van der Waals surface area contributed by atoms with Crippen LogP contribution >= 0.6 is 24.0 Å². The van der Waals surface area contributed by atoms with E-state index in [9.17, 15) is 0 Å². The van der Waals surface area contributed by atoms with E-state index in [2.05, 4.69) is 33.8 Å². The lowest BCUT2D eigenvalue weighted by molar-refractivity contribution is 0.310. The number of nitrogens with zero attached hydrogens (tertiary/aromatic N) is 1. The van der Waals surface area contributed by atoms with Gasteiger partial charge in [-0.3, -0.25) is 4.99 Å². The molecule has 2 rings (SSSR count). The fourth-order valence-corrected chi connectivity index (χ4v) is 2.83. The maximum absolute atomic E-state index is 5.64. The van der Waals surface area contributed by atoms with Gasteiger partial charge in [0, 0.05) is 20.1 Å². The molecule has 6 nitrogen and oxygen atoms in total. The van der Waals surface area contributed by atoms with Gasteiger partial charge in [0.05, 0.1) is 20.8 Å². The van der Waals surface area contributed by atoms with Gasteiger partial charge in [-0.05, 0) is 55.2 Å². The maximum atomic E-state index is 5.64. The van der Waals surface area contributed by atoms with E-state index in [-0.39, 0.29) is 24.0 Å². The highest BCUT2D eigenvalue weighted by molar-refractivity contribution is 14.0. The van der Waals surface area contributed by atoms with E-state index in [1.165, 1.54) is 5.56 Å². The predicted octanol–water partition coefficient (Wildman–Crippen LogP) is 4.02. The number of nitrogens with one attached hydrogen (secondary N) is 2. The fourth-order valence-electron chi connectivity index (χ4n) is 2.83. The number of methoxy groups -OCH3 is 2. The fraction of sp³-hybridized carbons (Fsp3) is 0.409. The van der Waals surface area contributed by atoms with Crippen molar-refractivity contribution in [1.82, 2.24) is 10.6 Å². The number of aryl methyl sites for hydroxylation is 1. The van der Waals surface area contributed by atoms with Gasteiger partial charge in [0.1, 0.15) is 5.75 Å². The molecule has 0 heterocycles. The minimum Gasteiger partial charge on any atom is -0.497 e. The molecule has 0 aromatic heterocycles. The molecule has 0 radical (unpaired) electrons. The monoisotopic (exact) mass is 513 g/mol. The zero-order valence-corrected chi connectivity index (χ0v) is 20.0. The lowest BCUT2D eigenvalue weighted by Crippen LogP contribution is -2.37. The van der Waals surface area contributed by atoms with E-state index < -0.39 is 0 Å². The van der Waals surface area contributed by atoms with Gasteiger partial charge in [0.25, 0.3) is 0 Å². The van der Waals surface area contributed by atoms with E-state index in [4.69, 9.17) is 14.2 Å². The van der Waals surface area contributed by atoms with Crippen molar-refractivity contribution in [2.75, 3.05) is 34.4 Å². The first-order chi connectivity index (χ1) is 13.7. The molecule has 0 amide bonds. The smallest absolute Gasteiger partial charge is 0.191 e. The van der Waals surface area contributed by atoms with Gasteiger partial charge in [0.2, 0.25) is 0 Å². The molecule has 0 unspecified atom stereocenters. The highest BCUT2D eigenvalue weighted by Gasteiger charge is 2.05. The first-order valence-corrected chi connectivity index (χ1v) is 9.57. The Hall–Kier alpha value is -2.16. The summed E-state index contributed by atoms with van der Waals surface area (Å²) in [7, 11) is 5.11. The Morgan fingerprint density at radius 1 is 0.966 bits per heavy atom. The number of rotatable bonds is 10. The van der Waals surface area contributed by atoms with E-state index in [1.807, 2.05) is 31.2 Å². The zero-order valence-electron chi connectivity index (χ0n) is 17.7. The third-order valence-electron chi connectivity index (χ3n) is 4.28. The third kappa shape index (κ3) is 8.39. The van der Waals surface area contributed by atoms with E-state index in [0.29, 0.717) is 13.2 Å². The lowest BCUT2D eigenvalue weighted by Gasteiger charge is -2.13. The third-order valence-corrected chi connectivity index (χ3v) is 4.28. The van der Waals surface area contributed by atoms with Crippen LogP contribution in [-0.2, 0) is 13.0 Å². The molecular formula is C22H32IN3O3. The van der Waals surface area contributed by atoms with Gasteiger partial charge >= 0.3 is 0 Å². The van der Waals surface area contributed by atoms with Gasteiger partial charge < -0.3 is 24.8 Å². The standard InChI is InChI=1S/C22H31N3O3.HI/c1-5-28-21-15-17(11-12-20(21)27-4)9-7-13-24-22(23-2)25-16-18-8-6-10-19(14-18)26-3;/h6,8,10-12,14-15H,5,7,9,13,16H2,1-4H3,(H2,23,24,25);1H. The molecule has 0 bridgehead atoms. The Labute approximate surface area is 191 Å². The molecule has 2 N–H and O–H groups in total. The van der Waals surface area contributed by atoms with Crippen molar-refractivity contribution < 1.29 is 14.2 Å². The predicted molar refractivity (Wildman–Crippen MR) is 129 cm³/mol. The number of guanidine groups is 1. The van der Waals surface area contributed by atoms with Gasteiger partial charge in [-0.25, -0.2) is 0 Å². The summed E-state index contributed by atoms with van der Waals surface area (Å²) in [4.78, 5) is 4.28. The Kier molecular flexibility index (Phi) is 11.9. The number of benzene rings is 2. The van der Waals surface area contributed by atoms with Crippen molar-refractivity contribution in [3.63, 3.8) is 0 Å². The van der Waals surface area contributed by atoms with Gasteiger partial charge in [-0.2, -0.15) is 0 Å². The van der Waals surface area contributed by atoms with Crippen LogP contribution in [0.3, 0.4) is 0 Å². The van der Waals surface area contributed by atoms with Crippen molar-refractivity contribution in [2.45, 2.75) is 26.3 Å². The van der Waals surface area contributed by atoms with Crippen LogP contribution in [0.15, 0.2) is 47.5 Å². The highest BCUT2D eigenvalue weighted by atomic mass is 127. The van der Waals surface area contributed by atoms with Crippen LogP contribution in [0.25, 0.3) is 0 Å². The molecule has 0 saturated heterocycles. The molecule has 29 heavy (non-hydrogen) atoms. The van der Waals surface area contributed by atoms with Crippen molar-refractivity contribution >= 4 is 29.9 Å². The molecule has 0 atom stereocenters. The second-order valence-corrected chi connectivity index (χ2v) is 6.23. The van der Waals surface area contributed by atoms with Crippen molar-refractivity contribution in [3.05, 3.63) is 53.6 Å². The molecule has 0 saturated carbocycles. The summed E-state index contributed by atoms with van der Waals surface area (Å²) in [6.45, 7) is 4.11. The second kappa shape index (κ2) is 13.9. The average molecular weight is 513 g/mol. The SMILES string of the molecule is CCOc1cc(CCCNC(=NC)NCc2cccc(OC)c2)ccc1OC.I. The maximum Gasteiger partial charge on any atom is 0.191 e. The summed E-state index contributed by atoms with van der Waals surface area (Å²) in [6.07, 6.45) is 1.93. The summed E-state index contributed by atoms with van der Waals surface area (Å²) in [5.41, 5.74) is 2.37. The van der Waals surface area contributed by atoms with Gasteiger partial charge in [0.15, 0.2) is 17.5 Å². The van der Waals surface area contributed by atoms with Crippen molar-refractivity contribution in [3.8, 4) is 17.2 Å².